The summed E-state index contributed by atoms with van der Waals surface area (Å²) < 4.78 is 40.9. The Morgan fingerprint density at radius 1 is 1.50 bits per heavy atom. The van der Waals surface area contributed by atoms with Crippen LogP contribution in [0, 0.1) is 5.82 Å². The predicted molar refractivity (Wildman–Crippen MR) is 82.0 cm³/mol. The highest BCUT2D eigenvalue weighted by molar-refractivity contribution is 7.80. The van der Waals surface area contributed by atoms with Gasteiger partial charge in [0.2, 0.25) is 0 Å². The normalized spacial score (nSPS) is 19.2. The van der Waals surface area contributed by atoms with E-state index in [0.29, 0.717) is 25.0 Å². The van der Waals surface area contributed by atoms with Crippen molar-refractivity contribution in [2.24, 2.45) is 0 Å². The number of hydrogen-bond donors (Lipinski definition) is 1. The minimum absolute atomic E-state index is 0.223. The number of rotatable bonds is 7. The van der Waals surface area contributed by atoms with Crippen molar-refractivity contribution >= 4 is 23.4 Å². The van der Waals surface area contributed by atoms with E-state index in [1.165, 1.54) is 22.5 Å². The molecule has 7 heteroatoms. The van der Waals surface area contributed by atoms with Gasteiger partial charge in [-0.1, -0.05) is 12.1 Å². The highest BCUT2D eigenvalue weighted by Crippen LogP contribution is 2.31. The summed E-state index contributed by atoms with van der Waals surface area (Å²) in [5.74, 6) is -0.460. The van der Waals surface area contributed by atoms with Gasteiger partial charge in [-0.05, 0) is 43.0 Å². The van der Waals surface area contributed by atoms with Gasteiger partial charge in [-0.25, -0.2) is 8.60 Å². The summed E-state index contributed by atoms with van der Waals surface area (Å²) in [7, 11) is 0. The zero-order valence-electron chi connectivity index (χ0n) is 12.0. The van der Waals surface area contributed by atoms with Crippen molar-refractivity contribution in [2.75, 3.05) is 10.9 Å². The van der Waals surface area contributed by atoms with Gasteiger partial charge in [-0.2, -0.15) is 0 Å². The number of allylic oxidation sites excluding steroid dienone is 1. The maximum Gasteiger partial charge on any atom is 0.293 e. The quantitative estimate of drug-likeness (QED) is 0.362. The molecule has 2 rings (SSSR count). The fraction of sp³-hybridized carbons (Fsp3) is 0.400. The highest BCUT2D eigenvalue weighted by Gasteiger charge is 2.28. The summed E-state index contributed by atoms with van der Waals surface area (Å²) in [4.78, 5) is 10.2. The minimum atomic E-state index is -2.27. The molecule has 0 saturated carbocycles. The summed E-state index contributed by atoms with van der Waals surface area (Å²) >= 11 is -2.27. The second-order valence-corrected chi connectivity index (χ2v) is 5.83. The van der Waals surface area contributed by atoms with E-state index in [9.17, 15) is 17.9 Å². The van der Waals surface area contributed by atoms with E-state index in [0.717, 1.165) is 18.4 Å². The molecule has 1 aliphatic carbocycles. The SMILES string of the molecule is O=COCCC1=CCCCC1N(c1cccc(F)c1)S(=O)O. The molecule has 1 aromatic rings. The van der Waals surface area contributed by atoms with Crippen LogP contribution in [0.2, 0.25) is 0 Å². The number of halogens is 1. The van der Waals surface area contributed by atoms with Gasteiger partial charge in [0.05, 0.1) is 18.3 Å². The molecular weight excluding hydrogens is 309 g/mol. The molecule has 0 spiro atoms. The third kappa shape index (κ3) is 4.14. The summed E-state index contributed by atoms with van der Waals surface area (Å²) in [6, 6.07) is 5.33. The van der Waals surface area contributed by atoms with Crippen molar-refractivity contribution in [1.82, 2.24) is 0 Å². The Hall–Kier alpha value is -1.73. The first-order chi connectivity index (χ1) is 10.6. The summed E-state index contributed by atoms with van der Waals surface area (Å²) in [5.41, 5.74) is 1.29. The van der Waals surface area contributed by atoms with Crippen LogP contribution in [0.5, 0.6) is 0 Å². The fourth-order valence-corrected chi connectivity index (χ4v) is 3.43. The Labute approximate surface area is 131 Å². The number of benzene rings is 1. The zero-order valence-corrected chi connectivity index (χ0v) is 12.8. The van der Waals surface area contributed by atoms with Gasteiger partial charge in [0, 0.05) is 6.42 Å². The second kappa shape index (κ2) is 8.05. The summed E-state index contributed by atoms with van der Waals surface area (Å²) in [6.07, 6.45) is 4.94. The topological polar surface area (TPSA) is 66.8 Å². The molecule has 2 unspecified atom stereocenters. The Bertz CT molecular complexity index is 578. The average molecular weight is 327 g/mol. The lowest BCUT2D eigenvalue weighted by Crippen LogP contribution is -2.39. The van der Waals surface area contributed by atoms with E-state index >= 15 is 0 Å². The van der Waals surface area contributed by atoms with Gasteiger partial charge in [0.1, 0.15) is 5.82 Å². The number of nitrogens with zero attached hydrogens (tertiary/aromatic N) is 1. The van der Waals surface area contributed by atoms with E-state index < -0.39 is 17.1 Å². The third-order valence-electron chi connectivity index (χ3n) is 3.61. The minimum Gasteiger partial charge on any atom is -0.468 e. The lowest BCUT2D eigenvalue weighted by Gasteiger charge is -2.34. The van der Waals surface area contributed by atoms with E-state index in [4.69, 9.17) is 4.74 Å². The van der Waals surface area contributed by atoms with Crippen molar-refractivity contribution < 1.29 is 22.7 Å². The molecule has 0 aliphatic heterocycles. The molecule has 0 heterocycles. The summed E-state index contributed by atoms with van der Waals surface area (Å²) in [5, 5.41) is 0. The fourth-order valence-electron chi connectivity index (χ4n) is 2.67. The molecule has 2 atom stereocenters. The number of carbonyl (C=O) groups is 1. The van der Waals surface area contributed by atoms with Crippen LogP contribution >= 0.6 is 0 Å². The lowest BCUT2D eigenvalue weighted by atomic mass is 9.92. The van der Waals surface area contributed by atoms with Crippen LogP contribution < -0.4 is 4.31 Å². The Morgan fingerprint density at radius 2 is 2.32 bits per heavy atom. The molecule has 0 bridgehead atoms. The van der Waals surface area contributed by atoms with Crippen LogP contribution in [0.25, 0.3) is 0 Å². The van der Waals surface area contributed by atoms with Gasteiger partial charge in [-0.15, -0.1) is 0 Å². The Morgan fingerprint density at radius 3 is 3.00 bits per heavy atom. The van der Waals surface area contributed by atoms with E-state index in [1.807, 2.05) is 6.08 Å². The average Bonchev–Trinajstić information content (AvgIpc) is 2.49. The van der Waals surface area contributed by atoms with Crippen LogP contribution in [-0.2, 0) is 20.8 Å². The molecule has 22 heavy (non-hydrogen) atoms. The van der Waals surface area contributed by atoms with Crippen LogP contribution in [0.4, 0.5) is 10.1 Å². The first-order valence-electron chi connectivity index (χ1n) is 7.03. The van der Waals surface area contributed by atoms with Gasteiger partial charge in [0.15, 0.2) is 0 Å². The predicted octanol–water partition coefficient (Wildman–Crippen LogP) is 2.81. The van der Waals surface area contributed by atoms with Gasteiger partial charge < -0.3 is 4.74 Å². The molecule has 0 aromatic heterocycles. The monoisotopic (exact) mass is 327 g/mol. The number of hydrogen-bond acceptors (Lipinski definition) is 3. The number of carbonyl (C=O) groups excluding carboxylic acids is 1. The molecule has 120 valence electrons. The van der Waals surface area contributed by atoms with Crippen molar-refractivity contribution in [1.29, 1.82) is 0 Å². The van der Waals surface area contributed by atoms with Crippen molar-refractivity contribution in [2.45, 2.75) is 31.7 Å². The molecule has 0 fully saturated rings. The van der Waals surface area contributed by atoms with Crippen molar-refractivity contribution in [3.8, 4) is 0 Å². The maximum atomic E-state index is 13.4. The Kier molecular flexibility index (Phi) is 6.09. The Balaban J connectivity index is 2.26. The number of anilines is 1. The molecular formula is C15H18FNO4S. The molecule has 1 N–H and O–H groups in total. The van der Waals surface area contributed by atoms with E-state index in [-0.39, 0.29) is 12.6 Å². The zero-order chi connectivity index (χ0) is 15.9. The molecule has 0 radical (unpaired) electrons. The van der Waals surface area contributed by atoms with E-state index in [1.54, 1.807) is 6.07 Å². The van der Waals surface area contributed by atoms with E-state index in [2.05, 4.69) is 0 Å². The first-order valence-corrected chi connectivity index (χ1v) is 8.10. The standard InChI is InChI=1S/C15H18FNO4S/c16-13-5-3-6-14(10-13)17(22(19)20)15-7-2-1-4-12(15)8-9-21-11-18/h3-6,10-11,15H,1-2,7-9H2,(H,19,20). The molecule has 0 amide bonds. The van der Waals surface area contributed by atoms with Gasteiger partial charge in [0.25, 0.3) is 17.7 Å². The smallest absolute Gasteiger partial charge is 0.293 e. The maximum absolute atomic E-state index is 13.4. The summed E-state index contributed by atoms with van der Waals surface area (Å²) in [6.45, 7) is 0.605. The molecule has 0 saturated heterocycles. The second-order valence-electron chi connectivity index (χ2n) is 4.98. The lowest BCUT2D eigenvalue weighted by molar-refractivity contribution is -0.128. The number of ether oxygens (including phenoxy) is 1. The van der Waals surface area contributed by atoms with Crippen LogP contribution in [-0.4, -0.2) is 27.9 Å². The molecule has 1 aromatic carbocycles. The van der Waals surface area contributed by atoms with Crippen molar-refractivity contribution in [3.63, 3.8) is 0 Å². The molecule has 5 nitrogen and oxygen atoms in total. The van der Waals surface area contributed by atoms with Gasteiger partial charge in [-0.3, -0.25) is 13.7 Å². The molecule has 1 aliphatic rings. The van der Waals surface area contributed by atoms with Crippen LogP contribution in [0.3, 0.4) is 0 Å². The van der Waals surface area contributed by atoms with Gasteiger partial charge >= 0.3 is 0 Å². The van der Waals surface area contributed by atoms with Crippen LogP contribution in [0.15, 0.2) is 35.9 Å². The van der Waals surface area contributed by atoms with Crippen molar-refractivity contribution in [3.05, 3.63) is 41.7 Å². The highest BCUT2D eigenvalue weighted by atomic mass is 32.2. The largest absolute Gasteiger partial charge is 0.468 e. The van der Waals surface area contributed by atoms with Crippen LogP contribution in [0.1, 0.15) is 25.7 Å². The third-order valence-corrected chi connectivity index (χ3v) is 4.41. The first kappa shape index (κ1) is 16.6.